The van der Waals surface area contributed by atoms with Crippen molar-refractivity contribution in [3.8, 4) is 0 Å². The van der Waals surface area contributed by atoms with Gasteiger partial charge >= 0.3 is 0 Å². The van der Waals surface area contributed by atoms with Crippen LogP contribution in [0.3, 0.4) is 0 Å². The molecule has 21 heavy (non-hydrogen) atoms. The highest BCUT2D eigenvalue weighted by molar-refractivity contribution is 9.10. The van der Waals surface area contributed by atoms with E-state index in [0.29, 0.717) is 6.54 Å². The van der Waals surface area contributed by atoms with E-state index >= 15 is 0 Å². The zero-order chi connectivity index (χ0) is 15.5. The van der Waals surface area contributed by atoms with Gasteiger partial charge in [-0.3, -0.25) is 10.1 Å². The summed E-state index contributed by atoms with van der Waals surface area (Å²) >= 11 is 2.95. The quantitative estimate of drug-likeness (QED) is 0.617. The second-order valence-electron chi connectivity index (χ2n) is 5.61. The van der Waals surface area contributed by atoms with E-state index in [1.165, 1.54) is 0 Å². The zero-order valence-corrected chi connectivity index (χ0v) is 13.2. The molecule has 0 unspecified atom stereocenters. The van der Waals surface area contributed by atoms with Crippen molar-refractivity contribution in [1.29, 1.82) is 0 Å². The first-order valence-corrected chi connectivity index (χ1v) is 7.75. The van der Waals surface area contributed by atoms with Crippen LogP contribution in [-0.2, 0) is 0 Å². The third-order valence-corrected chi connectivity index (χ3v) is 4.75. The average Bonchev–Trinajstić information content (AvgIpc) is 2.48. The van der Waals surface area contributed by atoms with Crippen LogP contribution in [0.25, 0.3) is 0 Å². The summed E-state index contributed by atoms with van der Waals surface area (Å²) in [6, 6.07) is 2.28. The van der Waals surface area contributed by atoms with Gasteiger partial charge in [-0.05, 0) is 28.8 Å². The Balaban J connectivity index is 2.18. The lowest BCUT2D eigenvalue weighted by molar-refractivity contribution is -0.384. The fourth-order valence-electron chi connectivity index (χ4n) is 2.80. The number of benzene rings is 1. The van der Waals surface area contributed by atoms with E-state index in [2.05, 4.69) is 21.2 Å². The fraction of sp³-hybridized carbons (Fsp3) is 0.571. The number of rotatable bonds is 5. The van der Waals surface area contributed by atoms with E-state index in [4.69, 9.17) is 0 Å². The second-order valence-corrected chi connectivity index (χ2v) is 6.47. The summed E-state index contributed by atoms with van der Waals surface area (Å²) in [6.07, 6.45) is 4.99. The molecule has 0 aliphatic heterocycles. The number of hydrogen-bond donors (Lipinski definition) is 2. The first-order chi connectivity index (χ1) is 9.97. The summed E-state index contributed by atoms with van der Waals surface area (Å²) in [5.41, 5.74) is -0.290. The summed E-state index contributed by atoms with van der Waals surface area (Å²) in [6.45, 7) is 0.443. The monoisotopic (exact) mass is 360 g/mol. The van der Waals surface area contributed by atoms with E-state index in [1.54, 1.807) is 0 Å². The molecule has 1 fully saturated rings. The number of anilines is 1. The van der Waals surface area contributed by atoms with Crippen molar-refractivity contribution in [2.24, 2.45) is 5.41 Å². The Hall–Kier alpha value is -1.21. The molecule has 0 bridgehead atoms. The molecule has 2 N–H and O–H groups in total. The van der Waals surface area contributed by atoms with Gasteiger partial charge in [-0.1, -0.05) is 19.3 Å². The predicted octanol–water partition coefficient (Wildman–Crippen LogP) is 3.85. The van der Waals surface area contributed by atoms with Gasteiger partial charge in [0.25, 0.3) is 5.69 Å². The van der Waals surface area contributed by atoms with Crippen LogP contribution in [0.5, 0.6) is 0 Å². The summed E-state index contributed by atoms with van der Waals surface area (Å²) in [7, 11) is 0. The number of hydrogen-bond acceptors (Lipinski definition) is 4. The van der Waals surface area contributed by atoms with Crippen molar-refractivity contribution in [2.45, 2.75) is 32.1 Å². The summed E-state index contributed by atoms with van der Waals surface area (Å²) in [4.78, 5) is 10.5. The van der Waals surface area contributed by atoms with Crippen LogP contribution < -0.4 is 5.32 Å². The molecule has 1 aliphatic rings. The molecule has 0 heterocycles. The minimum atomic E-state index is -0.551. The van der Waals surface area contributed by atoms with Crippen molar-refractivity contribution < 1.29 is 14.4 Å². The third-order valence-electron chi connectivity index (χ3n) is 4.14. The molecule has 116 valence electrons. The maximum Gasteiger partial charge on any atom is 0.293 e. The van der Waals surface area contributed by atoms with Gasteiger partial charge in [0.1, 0.15) is 11.5 Å². The molecular weight excluding hydrogens is 343 g/mol. The molecule has 2 rings (SSSR count). The highest BCUT2D eigenvalue weighted by Crippen LogP contribution is 2.37. The summed E-state index contributed by atoms with van der Waals surface area (Å²) < 4.78 is 13.7. The van der Waals surface area contributed by atoms with Crippen molar-refractivity contribution in [3.63, 3.8) is 0 Å². The van der Waals surface area contributed by atoms with Crippen molar-refractivity contribution in [1.82, 2.24) is 0 Å². The number of nitro benzene ring substituents is 1. The first kappa shape index (κ1) is 16.2. The van der Waals surface area contributed by atoms with Gasteiger partial charge in [-0.25, -0.2) is 4.39 Å². The van der Waals surface area contributed by atoms with Crippen LogP contribution in [0.15, 0.2) is 16.6 Å². The molecule has 5 nitrogen and oxygen atoms in total. The van der Waals surface area contributed by atoms with Crippen molar-refractivity contribution in [3.05, 3.63) is 32.5 Å². The molecule has 1 aromatic carbocycles. The van der Waals surface area contributed by atoms with E-state index in [9.17, 15) is 19.6 Å². The van der Waals surface area contributed by atoms with Gasteiger partial charge in [0, 0.05) is 24.1 Å². The minimum Gasteiger partial charge on any atom is -0.396 e. The lowest BCUT2D eigenvalue weighted by Gasteiger charge is -2.35. The van der Waals surface area contributed by atoms with Crippen molar-refractivity contribution >= 4 is 27.3 Å². The second kappa shape index (κ2) is 6.70. The Bertz CT molecular complexity index is 533. The van der Waals surface area contributed by atoms with E-state index in [-0.39, 0.29) is 27.9 Å². The Morgan fingerprint density at radius 3 is 2.62 bits per heavy atom. The maximum atomic E-state index is 13.6. The number of aliphatic hydroxyl groups excluding tert-OH is 1. The standard InChI is InChI=1S/C14H18BrFN2O3/c15-10-6-13(18(20)21)12(7-11(10)16)17-8-14(9-19)4-2-1-3-5-14/h6-7,17,19H,1-5,8-9H2. The number of aliphatic hydroxyl groups is 1. The van der Waals surface area contributed by atoms with Crippen LogP contribution in [0.4, 0.5) is 15.8 Å². The highest BCUT2D eigenvalue weighted by atomic mass is 79.9. The van der Waals surface area contributed by atoms with Crippen LogP contribution in [-0.4, -0.2) is 23.2 Å². The fourth-order valence-corrected chi connectivity index (χ4v) is 3.14. The smallest absolute Gasteiger partial charge is 0.293 e. The van der Waals surface area contributed by atoms with E-state index < -0.39 is 10.7 Å². The van der Waals surface area contributed by atoms with Crippen LogP contribution >= 0.6 is 15.9 Å². The topological polar surface area (TPSA) is 75.4 Å². The lowest BCUT2D eigenvalue weighted by atomic mass is 9.74. The number of nitrogens with zero attached hydrogens (tertiary/aromatic N) is 1. The lowest BCUT2D eigenvalue weighted by Crippen LogP contribution is -2.35. The first-order valence-electron chi connectivity index (χ1n) is 6.96. The molecule has 7 heteroatoms. The van der Waals surface area contributed by atoms with Gasteiger partial charge in [-0.15, -0.1) is 0 Å². The number of halogens is 2. The van der Waals surface area contributed by atoms with E-state index in [1.807, 2.05) is 0 Å². The molecule has 0 aromatic heterocycles. The third kappa shape index (κ3) is 3.71. The molecule has 1 aliphatic carbocycles. The Labute approximate surface area is 130 Å². The zero-order valence-electron chi connectivity index (χ0n) is 11.6. The van der Waals surface area contributed by atoms with Gasteiger partial charge in [0.2, 0.25) is 0 Å². The number of nitrogens with one attached hydrogen (secondary N) is 1. The van der Waals surface area contributed by atoms with Crippen molar-refractivity contribution in [2.75, 3.05) is 18.5 Å². The molecule has 0 saturated heterocycles. The molecule has 1 saturated carbocycles. The Morgan fingerprint density at radius 1 is 1.38 bits per heavy atom. The SMILES string of the molecule is O=[N+]([O-])c1cc(Br)c(F)cc1NCC1(CO)CCCCC1. The summed E-state index contributed by atoms with van der Waals surface area (Å²) in [5.74, 6) is -0.551. The molecular formula is C14H18BrFN2O3. The molecule has 0 atom stereocenters. The van der Waals surface area contributed by atoms with Gasteiger partial charge in [-0.2, -0.15) is 0 Å². The molecule has 1 aromatic rings. The maximum absolute atomic E-state index is 13.6. The highest BCUT2D eigenvalue weighted by Gasteiger charge is 2.32. The average molecular weight is 361 g/mol. The Morgan fingerprint density at radius 2 is 2.05 bits per heavy atom. The molecule has 0 amide bonds. The largest absolute Gasteiger partial charge is 0.396 e. The summed E-state index contributed by atoms with van der Waals surface area (Å²) in [5, 5.41) is 23.7. The van der Waals surface area contributed by atoms with E-state index in [0.717, 1.165) is 44.2 Å². The normalized spacial score (nSPS) is 17.5. The van der Waals surface area contributed by atoms with Gasteiger partial charge < -0.3 is 10.4 Å². The van der Waals surface area contributed by atoms with Crippen LogP contribution in [0.2, 0.25) is 0 Å². The van der Waals surface area contributed by atoms with Gasteiger partial charge in [0.15, 0.2) is 0 Å². The van der Waals surface area contributed by atoms with Crippen LogP contribution in [0.1, 0.15) is 32.1 Å². The number of nitro groups is 1. The molecule has 0 radical (unpaired) electrons. The molecule has 0 spiro atoms. The van der Waals surface area contributed by atoms with Gasteiger partial charge in [0.05, 0.1) is 16.0 Å². The minimum absolute atomic E-state index is 0.0345. The van der Waals surface area contributed by atoms with Crippen LogP contribution in [0, 0.1) is 21.3 Å². The Kier molecular flexibility index (Phi) is 5.16. The predicted molar refractivity (Wildman–Crippen MR) is 81.8 cm³/mol.